The monoisotopic (exact) mass is 268 g/mol. The van der Waals surface area contributed by atoms with Gasteiger partial charge in [0, 0.05) is 0 Å². The molecule has 3 heteroatoms. The number of aliphatic hydroxyl groups is 1. The fourth-order valence-corrected chi connectivity index (χ4v) is 5.41. The van der Waals surface area contributed by atoms with Gasteiger partial charge in [-0.2, -0.15) is 0 Å². The van der Waals surface area contributed by atoms with E-state index in [-0.39, 0.29) is 6.10 Å². The summed E-state index contributed by atoms with van der Waals surface area (Å²) in [7, 11) is 4.14. The van der Waals surface area contributed by atoms with Gasteiger partial charge in [0.2, 0.25) is 0 Å². The van der Waals surface area contributed by atoms with Crippen LogP contribution in [0.3, 0.4) is 0 Å². The van der Waals surface area contributed by atoms with Gasteiger partial charge in [0.25, 0.3) is 0 Å². The highest BCUT2D eigenvalue weighted by molar-refractivity contribution is 5.01. The van der Waals surface area contributed by atoms with Crippen LogP contribution in [0.2, 0.25) is 0 Å². The molecule has 4 bridgehead atoms. The Morgan fingerprint density at radius 2 is 1.63 bits per heavy atom. The van der Waals surface area contributed by atoms with Gasteiger partial charge in [0.15, 0.2) is 0 Å². The van der Waals surface area contributed by atoms with Crippen LogP contribution in [0.1, 0.15) is 38.5 Å². The third-order valence-corrected chi connectivity index (χ3v) is 5.53. The number of hydrogen-bond donors (Lipinski definition) is 2. The molecule has 0 heterocycles. The lowest BCUT2D eigenvalue weighted by atomic mass is 9.50. The van der Waals surface area contributed by atoms with Crippen LogP contribution in [0.5, 0.6) is 0 Å². The van der Waals surface area contributed by atoms with Crippen molar-refractivity contribution in [2.75, 3.05) is 33.9 Å². The summed E-state index contributed by atoms with van der Waals surface area (Å²) in [6, 6.07) is 0. The second-order valence-electron chi connectivity index (χ2n) is 8.00. The zero-order chi connectivity index (χ0) is 13.5. The lowest BCUT2D eigenvalue weighted by molar-refractivity contribution is -0.861. The molecule has 1 atom stereocenters. The van der Waals surface area contributed by atoms with E-state index in [1.165, 1.54) is 43.4 Å². The molecule has 0 spiro atoms. The van der Waals surface area contributed by atoms with E-state index in [0.29, 0.717) is 12.0 Å². The molecule has 110 valence electrons. The van der Waals surface area contributed by atoms with Crippen LogP contribution in [0.15, 0.2) is 0 Å². The van der Waals surface area contributed by atoms with Crippen molar-refractivity contribution in [1.82, 2.24) is 0 Å². The summed E-state index contributed by atoms with van der Waals surface area (Å²) >= 11 is 0. The first kappa shape index (κ1) is 13.8. The molecule has 0 aromatic rings. The zero-order valence-electron chi connectivity index (χ0n) is 12.5. The van der Waals surface area contributed by atoms with Crippen LogP contribution < -0.4 is 4.90 Å². The predicted molar refractivity (Wildman–Crippen MR) is 75.1 cm³/mol. The van der Waals surface area contributed by atoms with Crippen molar-refractivity contribution in [1.29, 1.82) is 0 Å². The summed E-state index contributed by atoms with van der Waals surface area (Å²) in [6.45, 7) is 2.20. The van der Waals surface area contributed by atoms with E-state index in [4.69, 9.17) is 4.74 Å². The Morgan fingerprint density at radius 1 is 1.11 bits per heavy atom. The fourth-order valence-electron chi connectivity index (χ4n) is 5.41. The van der Waals surface area contributed by atoms with E-state index in [2.05, 4.69) is 14.1 Å². The van der Waals surface area contributed by atoms with Crippen LogP contribution in [-0.2, 0) is 4.74 Å². The Balaban J connectivity index is 1.47. The molecule has 4 rings (SSSR count). The van der Waals surface area contributed by atoms with Crippen molar-refractivity contribution in [3.63, 3.8) is 0 Å². The van der Waals surface area contributed by atoms with Gasteiger partial charge < -0.3 is 14.7 Å². The minimum atomic E-state index is -0.307. The van der Waals surface area contributed by atoms with E-state index in [9.17, 15) is 5.11 Å². The summed E-state index contributed by atoms with van der Waals surface area (Å²) in [5.41, 5.74) is 0.486. The molecule has 4 saturated carbocycles. The maximum Gasteiger partial charge on any atom is 0.126 e. The Hall–Kier alpha value is -0.120. The van der Waals surface area contributed by atoms with Crippen molar-refractivity contribution in [3.8, 4) is 0 Å². The highest BCUT2D eigenvalue weighted by Crippen LogP contribution is 2.59. The van der Waals surface area contributed by atoms with E-state index < -0.39 is 0 Å². The van der Waals surface area contributed by atoms with E-state index in [1.807, 2.05) is 0 Å². The molecule has 3 nitrogen and oxygen atoms in total. The van der Waals surface area contributed by atoms with Gasteiger partial charge in [0.1, 0.15) is 12.6 Å². The maximum absolute atomic E-state index is 9.89. The van der Waals surface area contributed by atoms with Crippen LogP contribution in [0.25, 0.3) is 0 Å². The quantitative estimate of drug-likeness (QED) is 0.744. The molecule has 4 aliphatic rings. The predicted octanol–water partition coefficient (Wildman–Crippen LogP) is 0.725. The molecular weight excluding hydrogens is 238 g/mol. The van der Waals surface area contributed by atoms with Crippen LogP contribution >= 0.6 is 0 Å². The molecular formula is C16H30NO2+. The summed E-state index contributed by atoms with van der Waals surface area (Å²) in [5, 5.41) is 9.89. The Labute approximate surface area is 117 Å². The van der Waals surface area contributed by atoms with Gasteiger partial charge in [-0.25, -0.2) is 0 Å². The molecule has 0 aliphatic heterocycles. The molecule has 0 saturated heterocycles. The average molecular weight is 268 g/mol. The third kappa shape index (κ3) is 3.14. The summed E-state index contributed by atoms with van der Waals surface area (Å²) in [5.74, 6) is 2.97. The van der Waals surface area contributed by atoms with Gasteiger partial charge in [-0.3, -0.25) is 0 Å². The van der Waals surface area contributed by atoms with Gasteiger partial charge in [-0.15, -0.1) is 0 Å². The number of nitrogens with one attached hydrogen (secondary N) is 1. The Kier molecular flexibility index (Phi) is 3.89. The number of rotatable bonds is 6. The van der Waals surface area contributed by atoms with Crippen LogP contribution in [-0.4, -0.2) is 45.1 Å². The highest BCUT2D eigenvalue weighted by Gasteiger charge is 2.50. The summed E-state index contributed by atoms with van der Waals surface area (Å²) < 4.78 is 5.92. The first-order valence-corrected chi connectivity index (χ1v) is 8.09. The minimum absolute atomic E-state index is 0.307. The summed E-state index contributed by atoms with van der Waals surface area (Å²) in [4.78, 5) is 1.28. The minimum Gasteiger partial charge on any atom is -0.385 e. The number of ether oxygens (including phenoxy) is 1. The highest BCUT2D eigenvalue weighted by atomic mass is 16.5. The molecule has 0 unspecified atom stereocenters. The number of hydrogen-bond acceptors (Lipinski definition) is 2. The molecule has 4 fully saturated rings. The lowest BCUT2D eigenvalue weighted by Gasteiger charge is -2.56. The van der Waals surface area contributed by atoms with E-state index in [1.54, 1.807) is 0 Å². The smallest absolute Gasteiger partial charge is 0.126 e. The van der Waals surface area contributed by atoms with Crippen molar-refractivity contribution in [2.24, 2.45) is 23.2 Å². The van der Waals surface area contributed by atoms with Crippen LogP contribution in [0, 0.1) is 23.2 Å². The standard InChI is InChI=1S/C16H29NO2/c1-17(2)9-15(18)10-19-11-16-6-12-3-13(7-16)5-14(4-12)8-16/h12-15,18H,3-11H2,1-2H3/p+1/t12?,13?,14?,15-,16?/m1/s1. The van der Waals surface area contributed by atoms with Gasteiger partial charge >= 0.3 is 0 Å². The van der Waals surface area contributed by atoms with Gasteiger partial charge in [-0.05, 0) is 61.7 Å². The SMILES string of the molecule is C[NH+](C)C[C@@H](O)COCC12CC3CC(CC(C3)C1)C2. The molecule has 4 aliphatic carbocycles. The number of likely N-dealkylation sites (N-methyl/N-ethyl adjacent to an activating group) is 1. The molecule has 0 radical (unpaired) electrons. The van der Waals surface area contributed by atoms with Crippen molar-refractivity contribution < 1.29 is 14.7 Å². The fraction of sp³-hybridized carbons (Fsp3) is 1.00. The summed E-state index contributed by atoms with van der Waals surface area (Å²) in [6.07, 6.45) is 8.36. The zero-order valence-corrected chi connectivity index (χ0v) is 12.5. The van der Waals surface area contributed by atoms with Crippen LogP contribution in [0.4, 0.5) is 0 Å². The molecule has 2 N–H and O–H groups in total. The lowest BCUT2D eigenvalue weighted by Crippen LogP contribution is -3.07. The molecule has 0 aromatic carbocycles. The molecule has 0 amide bonds. The maximum atomic E-state index is 9.89. The first-order chi connectivity index (χ1) is 9.05. The third-order valence-electron chi connectivity index (χ3n) is 5.53. The first-order valence-electron chi connectivity index (χ1n) is 8.09. The Morgan fingerprint density at radius 3 is 2.11 bits per heavy atom. The largest absolute Gasteiger partial charge is 0.385 e. The van der Waals surface area contributed by atoms with Gasteiger partial charge in [0.05, 0.1) is 27.3 Å². The second kappa shape index (κ2) is 5.34. The average Bonchev–Trinajstić information content (AvgIpc) is 2.25. The van der Waals surface area contributed by atoms with Gasteiger partial charge in [-0.1, -0.05) is 0 Å². The van der Waals surface area contributed by atoms with Crippen molar-refractivity contribution >= 4 is 0 Å². The van der Waals surface area contributed by atoms with Crippen molar-refractivity contribution in [3.05, 3.63) is 0 Å². The molecule has 0 aromatic heterocycles. The topological polar surface area (TPSA) is 33.9 Å². The second-order valence-corrected chi connectivity index (χ2v) is 8.00. The van der Waals surface area contributed by atoms with E-state index >= 15 is 0 Å². The number of aliphatic hydroxyl groups excluding tert-OH is 1. The van der Waals surface area contributed by atoms with Crippen molar-refractivity contribution in [2.45, 2.75) is 44.6 Å². The normalized spacial score (nSPS) is 42.0. The molecule has 19 heavy (non-hydrogen) atoms. The number of quaternary nitrogens is 1. The van der Waals surface area contributed by atoms with E-state index in [0.717, 1.165) is 30.9 Å². The Bertz CT molecular complexity index is 281.